The van der Waals surface area contributed by atoms with E-state index < -0.39 is 21.9 Å². The minimum Gasteiger partial charge on any atom is -0.232 e. The van der Waals surface area contributed by atoms with Crippen LogP contribution in [0.5, 0.6) is 0 Å². The molecule has 0 saturated carbocycles. The predicted octanol–water partition coefficient (Wildman–Crippen LogP) is 4.51. The SMILES string of the molecule is NS(=O)(=O)c1ccc(-n2nc(C(F)(F)F)cc2-c2ccc(Cl)cc2Cl)cc1. The van der Waals surface area contributed by atoms with Crippen molar-refractivity contribution in [2.24, 2.45) is 5.14 Å². The molecule has 11 heteroatoms. The number of aromatic nitrogens is 2. The standard InChI is InChI=1S/C16H10Cl2F3N3O2S/c17-9-1-6-12(13(18)7-9)14-8-15(16(19,20)21)23-24(14)10-2-4-11(5-3-10)27(22,25)26/h1-8H,(H2,22,25,26). The van der Waals surface area contributed by atoms with E-state index in [0.29, 0.717) is 5.02 Å². The average molecular weight is 436 g/mol. The second kappa shape index (κ2) is 6.83. The van der Waals surface area contributed by atoms with Crippen molar-refractivity contribution in [1.82, 2.24) is 9.78 Å². The molecule has 0 spiro atoms. The van der Waals surface area contributed by atoms with Gasteiger partial charge in [0.25, 0.3) is 0 Å². The minimum atomic E-state index is -4.68. The summed E-state index contributed by atoms with van der Waals surface area (Å²) >= 11 is 12.0. The Bertz CT molecular complexity index is 1110. The summed E-state index contributed by atoms with van der Waals surface area (Å²) < 4.78 is 63.3. The zero-order valence-electron chi connectivity index (χ0n) is 13.2. The molecule has 0 aliphatic heterocycles. The molecule has 1 heterocycles. The van der Waals surface area contributed by atoms with Gasteiger partial charge in [0, 0.05) is 10.6 Å². The Kier molecular flexibility index (Phi) is 4.98. The van der Waals surface area contributed by atoms with Crippen molar-refractivity contribution >= 4 is 33.2 Å². The van der Waals surface area contributed by atoms with Gasteiger partial charge in [-0.3, -0.25) is 0 Å². The van der Waals surface area contributed by atoms with Crippen LogP contribution in [0.3, 0.4) is 0 Å². The molecule has 2 aromatic carbocycles. The summed E-state index contributed by atoms with van der Waals surface area (Å²) in [6, 6.07) is 10.1. The van der Waals surface area contributed by atoms with E-state index in [-0.39, 0.29) is 26.9 Å². The van der Waals surface area contributed by atoms with Crippen molar-refractivity contribution in [2.45, 2.75) is 11.1 Å². The lowest BCUT2D eigenvalue weighted by Crippen LogP contribution is -2.12. The predicted molar refractivity (Wildman–Crippen MR) is 95.4 cm³/mol. The highest BCUT2D eigenvalue weighted by molar-refractivity contribution is 7.89. The van der Waals surface area contributed by atoms with E-state index in [0.717, 1.165) is 10.7 Å². The van der Waals surface area contributed by atoms with Crippen molar-refractivity contribution in [3.8, 4) is 16.9 Å². The lowest BCUT2D eigenvalue weighted by molar-refractivity contribution is -0.141. The van der Waals surface area contributed by atoms with Gasteiger partial charge in [0.2, 0.25) is 10.0 Å². The molecular formula is C16H10Cl2F3N3O2S. The molecule has 1 aromatic heterocycles. The summed E-state index contributed by atoms with van der Waals surface area (Å²) in [6.45, 7) is 0. The van der Waals surface area contributed by atoms with Crippen molar-refractivity contribution in [3.05, 3.63) is 64.3 Å². The molecule has 0 amide bonds. The molecule has 0 atom stereocenters. The molecular weight excluding hydrogens is 426 g/mol. The number of alkyl halides is 3. The van der Waals surface area contributed by atoms with E-state index in [1.807, 2.05) is 0 Å². The van der Waals surface area contributed by atoms with E-state index in [2.05, 4.69) is 5.10 Å². The average Bonchev–Trinajstić information content (AvgIpc) is 2.99. The number of benzene rings is 2. The molecule has 3 rings (SSSR count). The van der Waals surface area contributed by atoms with Crippen LogP contribution in [-0.4, -0.2) is 18.2 Å². The van der Waals surface area contributed by atoms with E-state index in [1.54, 1.807) is 0 Å². The topological polar surface area (TPSA) is 78.0 Å². The van der Waals surface area contributed by atoms with Gasteiger partial charge in [-0.1, -0.05) is 23.2 Å². The highest BCUT2D eigenvalue weighted by Crippen LogP contribution is 2.36. The van der Waals surface area contributed by atoms with Gasteiger partial charge in [0.15, 0.2) is 5.69 Å². The highest BCUT2D eigenvalue weighted by atomic mass is 35.5. The highest BCUT2D eigenvalue weighted by Gasteiger charge is 2.35. The Labute approximate surface area is 162 Å². The van der Waals surface area contributed by atoms with Gasteiger partial charge in [0.05, 0.1) is 21.3 Å². The van der Waals surface area contributed by atoms with Crippen molar-refractivity contribution < 1.29 is 21.6 Å². The summed E-state index contributed by atoms with van der Waals surface area (Å²) in [5, 5.41) is 9.10. The molecule has 0 saturated heterocycles. The first-order valence-corrected chi connectivity index (χ1v) is 9.53. The zero-order valence-corrected chi connectivity index (χ0v) is 15.5. The fourth-order valence-corrected chi connectivity index (χ4v) is 3.40. The number of sulfonamides is 1. The van der Waals surface area contributed by atoms with Gasteiger partial charge < -0.3 is 0 Å². The fraction of sp³-hybridized carbons (Fsp3) is 0.0625. The summed E-state index contributed by atoms with van der Waals surface area (Å²) in [5.41, 5.74) is -0.593. The monoisotopic (exact) mass is 435 g/mol. The Hall–Kier alpha value is -2.07. The van der Waals surface area contributed by atoms with Crippen LogP contribution in [0, 0.1) is 0 Å². The summed E-state index contributed by atoms with van der Waals surface area (Å²) in [5.74, 6) is 0. The molecule has 0 bridgehead atoms. The van der Waals surface area contributed by atoms with Gasteiger partial charge >= 0.3 is 6.18 Å². The summed E-state index contributed by atoms with van der Waals surface area (Å²) in [6.07, 6.45) is -4.68. The second-order valence-electron chi connectivity index (χ2n) is 5.49. The van der Waals surface area contributed by atoms with Crippen LogP contribution in [0.15, 0.2) is 53.4 Å². The maximum Gasteiger partial charge on any atom is 0.435 e. The Balaban J connectivity index is 2.21. The van der Waals surface area contributed by atoms with Crippen LogP contribution in [0.2, 0.25) is 10.0 Å². The lowest BCUT2D eigenvalue weighted by Gasteiger charge is -2.10. The first-order valence-electron chi connectivity index (χ1n) is 7.23. The number of hydrogen-bond acceptors (Lipinski definition) is 3. The molecule has 5 nitrogen and oxygen atoms in total. The van der Waals surface area contributed by atoms with E-state index in [1.165, 1.54) is 42.5 Å². The molecule has 2 N–H and O–H groups in total. The van der Waals surface area contributed by atoms with Crippen molar-refractivity contribution in [2.75, 3.05) is 0 Å². The molecule has 3 aromatic rings. The fourth-order valence-electron chi connectivity index (χ4n) is 2.38. The quantitative estimate of drug-likeness (QED) is 0.656. The molecule has 0 aliphatic carbocycles. The lowest BCUT2D eigenvalue weighted by atomic mass is 10.1. The smallest absolute Gasteiger partial charge is 0.232 e. The summed E-state index contributed by atoms with van der Waals surface area (Å²) in [4.78, 5) is -0.180. The number of halogens is 5. The molecule has 0 aliphatic rings. The van der Waals surface area contributed by atoms with E-state index in [9.17, 15) is 21.6 Å². The van der Waals surface area contributed by atoms with Crippen molar-refractivity contribution in [1.29, 1.82) is 0 Å². The van der Waals surface area contributed by atoms with Crippen LogP contribution in [-0.2, 0) is 16.2 Å². The van der Waals surface area contributed by atoms with Crippen molar-refractivity contribution in [3.63, 3.8) is 0 Å². The largest absolute Gasteiger partial charge is 0.435 e. The minimum absolute atomic E-state index is 0.0624. The number of rotatable bonds is 3. The first-order chi connectivity index (χ1) is 12.5. The second-order valence-corrected chi connectivity index (χ2v) is 7.89. The number of nitrogens with zero attached hydrogens (tertiary/aromatic N) is 2. The maximum atomic E-state index is 13.2. The van der Waals surface area contributed by atoms with Gasteiger partial charge in [-0.05, 0) is 48.5 Å². The Morgan fingerprint density at radius 2 is 1.63 bits per heavy atom. The van der Waals surface area contributed by atoms with Gasteiger partial charge in [-0.25, -0.2) is 18.2 Å². The van der Waals surface area contributed by atoms with Crippen LogP contribution in [0.25, 0.3) is 16.9 Å². The third kappa shape index (κ3) is 4.11. The number of primary sulfonamides is 1. The maximum absolute atomic E-state index is 13.2. The third-order valence-corrected chi connectivity index (χ3v) is 5.09. The van der Waals surface area contributed by atoms with Crippen LogP contribution in [0.4, 0.5) is 13.2 Å². The summed E-state index contributed by atoms with van der Waals surface area (Å²) in [7, 11) is -3.94. The molecule has 0 radical (unpaired) electrons. The van der Waals surface area contributed by atoms with Crippen LogP contribution < -0.4 is 5.14 Å². The normalized spacial score (nSPS) is 12.4. The zero-order chi connectivity index (χ0) is 20.0. The third-order valence-electron chi connectivity index (χ3n) is 3.62. The van der Waals surface area contributed by atoms with Gasteiger partial charge in [-0.2, -0.15) is 18.3 Å². The van der Waals surface area contributed by atoms with E-state index in [4.69, 9.17) is 28.3 Å². The first kappa shape index (κ1) is 19.7. The van der Waals surface area contributed by atoms with Crippen LogP contribution in [0.1, 0.15) is 5.69 Å². The molecule has 0 fully saturated rings. The Morgan fingerprint density at radius 1 is 1.00 bits per heavy atom. The van der Waals surface area contributed by atoms with Gasteiger partial charge in [-0.15, -0.1) is 0 Å². The number of nitrogens with two attached hydrogens (primary N) is 1. The molecule has 27 heavy (non-hydrogen) atoms. The Morgan fingerprint density at radius 3 is 2.15 bits per heavy atom. The van der Waals surface area contributed by atoms with E-state index >= 15 is 0 Å². The molecule has 0 unspecified atom stereocenters. The van der Waals surface area contributed by atoms with Crippen LogP contribution >= 0.6 is 23.2 Å². The number of hydrogen-bond donors (Lipinski definition) is 1. The van der Waals surface area contributed by atoms with Gasteiger partial charge in [0.1, 0.15) is 0 Å². The molecule has 142 valence electrons.